The predicted octanol–water partition coefficient (Wildman–Crippen LogP) is 2.79. The largest absolute Gasteiger partial charge is 0.323 e. The van der Waals surface area contributed by atoms with Gasteiger partial charge in [0, 0.05) is 26.2 Å². The third kappa shape index (κ3) is 4.09. The lowest BCUT2D eigenvalue weighted by Crippen LogP contribution is -2.50. The summed E-state index contributed by atoms with van der Waals surface area (Å²) in [5, 5.41) is 4.80. The minimum atomic E-state index is -3.58. The first-order chi connectivity index (χ1) is 15.5. The van der Waals surface area contributed by atoms with E-state index in [9.17, 15) is 13.2 Å². The third-order valence-corrected chi connectivity index (χ3v) is 8.05. The van der Waals surface area contributed by atoms with E-state index in [2.05, 4.69) is 14.1 Å². The van der Waals surface area contributed by atoms with Crippen molar-refractivity contribution in [2.45, 2.75) is 4.90 Å². The van der Waals surface area contributed by atoms with Crippen LogP contribution in [0.5, 0.6) is 0 Å². The third-order valence-electron chi connectivity index (χ3n) is 5.62. The number of fused-ring (bicyclic) bond motifs is 2. The van der Waals surface area contributed by atoms with Gasteiger partial charge in [0.1, 0.15) is 11.0 Å². The van der Waals surface area contributed by atoms with Gasteiger partial charge >= 0.3 is 0 Å². The highest BCUT2D eigenvalue weighted by atomic mass is 32.2. The summed E-state index contributed by atoms with van der Waals surface area (Å²) in [6.45, 7) is 1.85. The summed E-state index contributed by atoms with van der Waals surface area (Å²) in [5.41, 5.74) is 2.07. The number of nitrogens with one attached hydrogen (secondary N) is 1. The number of piperazine rings is 1. The average Bonchev–Trinajstić information content (AvgIpc) is 3.29. The molecule has 5 rings (SSSR count). The van der Waals surface area contributed by atoms with Gasteiger partial charge in [-0.2, -0.15) is 13.1 Å². The molecule has 4 aromatic rings. The molecule has 8 nitrogen and oxygen atoms in total. The second kappa shape index (κ2) is 8.55. The molecular formula is C22H21N5O3S2. The van der Waals surface area contributed by atoms with Crippen molar-refractivity contribution in [3.63, 3.8) is 0 Å². The van der Waals surface area contributed by atoms with Crippen molar-refractivity contribution in [1.29, 1.82) is 0 Å². The highest BCUT2D eigenvalue weighted by molar-refractivity contribution is 7.89. The molecule has 0 unspecified atom stereocenters. The second-order valence-electron chi connectivity index (χ2n) is 7.67. The fraction of sp³-hybridized carbons (Fsp3) is 0.227. The zero-order valence-electron chi connectivity index (χ0n) is 17.1. The molecule has 1 aliphatic heterocycles. The molecule has 0 bridgehead atoms. The van der Waals surface area contributed by atoms with Crippen LogP contribution in [0, 0.1) is 0 Å². The van der Waals surface area contributed by atoms with Crippen LogP contribution in [0.1, 0.15) is 0 Å². The van der Waals surface area contributed by atoms with E-state index in [1.807, 2.05) is 47.4 Å². The van der Waals surface area contributed by atoms with Gasteiger partial charge in [0.15, 0.2) is 0 Å². The van der Waals surface area contributed by atoms with Crippen molar-refractivity contribution in [3.05, 3.63) is 60.7 Å². The number of carbonyl (C=O) groups excluding carboxylic acids is 1. The maximum Gasteiger partial charge on any atom is 0.243 e. The Labute approximate surface area is 189 Å². The summed E-state index contributed by atoms with van der Waals surface area (Å²) >= 11 is 1.11. The van der Waals surface area contributed by atoms with Crippen LogP contribution >= 0.6 is 11.7 Å². The van der Waals surface area contributed by atoms with Crippen LogP contribution in [-0.2, 0) is 14.8 Å². The molecule has 0 spiro atoms. The van der Waals surface area contributed by atoms with Gasteiger partial charge in [-0.3, -0.25) is 9.69 Å². The quantitative estimate of drug-likeness (QED) is 0.485. The lowest BCUT2D eigenvalue weighted by molar-refractivity contribution is -0.117. The lowest BCUT2D eigenvalue weighted by atomic mass is 10.1. The number of hydrogen-bond donors (Lipinski definition) is 1. The van der Waals surface area contributed by atoms with Crippen LogP contribution < -0.4 is 5.32 Å². The summed E-state index contributed by atoms with van der Waals surface area (Å²) < 4.78 is 36.1. The number of rotatable bonds is 5. The van der Waals surface area contributed by atoms with Crippen molar-refractivity contribution in [3.8, 4) is 0 Å². The van der Waals surface area contributed by atoms with Crippen molar-refractivity contribution < 1.29 is 13.2 Å². The van der Waals surface area contributed by atoms with Gasteiger partial charge in [-0.05, 0) is 35.0 Å². The molecule has 10 heteroatoms. The summed E-state index contributed by atoms with van der Waals surface area (Å²) in [5.74, 6) is -0.156. The van der Waals surface area contributed by atoms with Crippen molar-refractivity contribution in [1.82, 2.24) is 18.0 Å². The van der Waals surface area contributed by atoms with Crippen molar-refractivity contribution >= 4 is 55.2 Å². The van der Waals surface area contributed by atoms with E-state index < -0.39 is 10.0 Å². The number of benzene rings is 3. The van der Waals surface area contributed by atoms with Gasteiger partial charge < -0.3 is 5.32 Å². The molecule has 3 aromatic carbocycles. The van der Waals surface area contributed by atoms with Gasteiger partial charge in [0.05, 0.1) is 28.9 Å². The Morgan fingerprint density at radius 2 is 1.72 bits per heavy atom. The van der Waals surface area contributed by atoms with Crippen LogP contribution in [0.3, 0.4) is 0 Å². The zero-order chi connectivity index (χ0) is 22.1. The van der Waals surface area contributed by atoms with E-state index in [1.54, 1.807) is 18.2 Å². The van der Waals surface area contributed by atoms with E-state index >= 15 is 0 Å². The number of nitrogens with zero attached hydrogens (tertiary/aromatic N) is 4. The molecule has 32 heavy (non-hydrogen) atoms. The normalized spacial score (nSPS) is 15.9. The fourth-order valence-electron chi connectivity index (χ4n) is 3.90. The average molecular weight is 468 g/mol. The predicted molar refractivity (Wildman–Crippen MR) is 125 cm³/mol. The Kier molecular flexibility index (Phi) is 5.60. The van der Waals surface area contributed by atoms with E-state index in [-0.39, 0.29) is 12.5 Å². The monoisotopic (exact) mass is 467 g/mol. The van der Waals surface area contributed by atoms with Crippen LogP contribution in [0.15, 0.2) is 65.6 Å². The smallest absolute Gasteiger partial charge is 0.243 e. The number of hydrogen-bond acceptors (Lipinski definition) is 7. The first-order valence-electron chi connectivity index (χ1n) is 10.2. The van der Waals surface area contributed by atoms with E-state index in [0.29, 0.717) is 42.3 Å². The molecule has 1 saturated heterocycles. The van der Waals surface area contributed by atoms with Crippen LogP contribution in [-0.4, -0.2) is 65.0 Å². The van der Waals surface area contributed by atoms with Crippen LogP contribution in [0.2, 0.25) is 0 Å². The number of aromatic nitrogens is 2. The Balaban J connectivity index is 1.21. The number of amides is 1. The molecule has 0 saturated carbocycles. The zero-order valence-corrected chi connectivity index (χ0v) is 18.8. The maximum atomic E-state index is 13.1. The van der Waals surface area contributed by atoms with Gasteiger partial charge in [-0.25, -0.2) is 8.42 Å². The first-order valence-corrected chi connectivity index (χ1v) is 12.4. The highest BCUT2D eigenvalue weighted by Gasteiger charge is 2.29. The standard InChI is InChI=1S/C22H21N5O3S2/c28-21(23-19-6-3-7-20-22(19)25-31-24-20)15-26-10-12-27(13-11-26)32(29,30)18-9-8-16-4-1-2-5-17(16)14-18/h1-9,14H,10-13,15H2,(H,23,28). The first kappa shape index (κ1) is 21.0. The topological polar surface area (TPSA) is 95.5 Å². The maximum absolute atomic E-state index is 13.1. The minimum Gasteiger partial charge on any atom is -0.323 e. The SMILES string of the molecule is O=C(CN1CCN(S(=O)(=O)c2ccc3ccccc3c2)CC1)Nc1cccc2nsnc12. The Bertz CT molecular complexity index is 1390. The molecule has 0 aliphatic carbocycles. The second-order valence-corrected chi connectivity index (χ2v) is 10.1. The summed E-state index contributed by atoms with van der Waals surface area (Å²) in [6, 6.07) is 18.4. The molecular weight excluding hydrogens is 446 g/mol. The van der Waals surface area contributed by atoms with E-state index in [0.717, 1.165) is 28.0 Å². The minimum absolute atomic E-state index is 0.156. The number of carbonyl (C=O) groups is 1. The molecule has 2 heterocycles. The highest BCUT2D eigenvalue weighted by Crippen LogP contribution is 2.23. The van der Waals surface area contributed by atoms with Gasteiger partial charge in [0.25, 0.3) is 0 Å². The molecule has 0 atom stereocenters. The van der Waals surface area contributed by atoms with Gasteiger partial charge in [0.2, 0.25) is 15.9 Å². The Morgan fingerprint density at radius 3 is 2.53 bits per heavy atom. The van der Waals surface area contributed by atoms with Crippen LogP contribution in [0.4, 0.5) is 5.69 Å². The summed E-state index contributed by atoms with van der Waals surface area (Å²) in [6.07, 6.45) is 0. The molecule has 0 radical (unpaired) electrons. The molecule has 1 N–H and O–H groups in total. The van der Waals surface area contributed by atoms with Crippen molar-refractivity contribution in [2.24, 2.45) is 0 Å². The summed E-state index contributed by atoms with van der Waals surface area (Å²) in [4.78, 5) is 14.8. The Hall–Kier alpha value is -2.92. The molecule has 164 valence electrons. The van der Waals surface area contributed by atoms with Gasteiger partial charge in [-0.1, -0.05) is 36.4 Å². The summed E-state index contributed by atoms with van der Waals surface area (Å²) in [7, 11) is -3.58. The molecule has 1 fully saturated rings. The number of sulfonamides is 1. The van der Waals surface area contributed by atoms with E-state index in [1.165, 1.54) is 4.31 Å². The lowest BCUT2D eigenvalue weighted by Gasteiger charge is -2.33. The van der Waals surface area contributed by atoms with Gasteiger partial charge in [-0.15, -0.1) is 0 Å². The number of anilines is 1. The Morgan fingerprint density at radius 1 is 0.938 bits per heavy atom. The van der Waals surface area contributed by atoms with Crippen molar-refractivity contribution in [2.75, 3.05) is 38.0 Å². The molecule has 1 aliphatic rings. The molecule has 1 amide bonds. The van der Waals surface area contributed by atoms with Crippen LogP contribution in [0.25, 0.3) is 21.8 Å². The van der Waals surface area contributed by atoms with E-state index in [4.69, 9.17) is 0 Å². The molecule has 1 aromatic heterocycles. The fourth-order valence-corrected chi connectivity index (χ4v) is 5.91.